The molecule has 0 aliphatic rings. The molecule has 0 fully saturated rings. The third-order valence-corrected chi connectivity index (χ3v) is 2.64. The molecule has 1 amide bonds. The monoisotopic (exact) mass is 280 g/mol. The lowest BCUT2D eigenvalue weighted by atomic mass is 10.2. The Morgan fingerprint density at radius 3 is 2.30 bits per heavy atom. The lowest BCUT2D eigenvalue weighted by Crippen LogP contribution is -2.47. The van der Waals surface area contributed by atoms with E-state index >= 15 is 0 Å². The van der Waals surface area contributed by atoms with Crippen molar-refractivity contribution in [1.82, 2.24) is 0 Å². The zero-order valence-electron chi connectivity index (χ0n) is 11.2. The van der Waals surface area contributed by atoms with Crippen molar-refractivity contribution in [1.29, 1.82) is 0 Å². The molecule has 0 radical (unpaired) electrons. The lowest BCUT2D eigenvalue weighted by Gasteiger charge is -2.20. The smallest absolute Gasteiger partial charge is 0.335 e. The van der Waals surface area contributed by atoms with Crippen LogP contribution in [-0.2, 0) is 14.3 Å². The van der Waals surface area contributed by atoms with Gasteiger partial charge < -0.3 is 20.5 Å². The number of aromatic carboxylic acids is 1. The average Bonchev–Trinajstić information content (AvgIpc) is 2.45. The first-order valence-corrected chi connectivity index (χ1v) is 5.91. The second-order valence-corrected chi connectivity index (χ2v) is 3.98. The van der Waals surface area contributed by atoms with E-state index in [1.54, 1.807) is 6.92 Å². The number of hydrogen-bond donors (Lipinski definition) is 2. The van der Waals surface area contributed by atoms with Gasteiger partial charge in [-0.05, 0) is 31.2 Å². The van der Waals surface area contributed by atoms with E-state index in [0.717, 1.165) is 0 Å². The minimum Gasteiger partial charge on any atom is -0.478 e. The molecule has 0 aliphatic heterocycles. The maximum absolute atomic E-state index is 12.0. The van der Waals surface area contributed by atoms with Crippen LogP contribution < -0.4 is 10.6 Å². The molecule has 1 atom stereocenters. The second-order valence-electron chi connectivity index (χ2n) is 3.98. The number of benzene rings is 1. The summed E-state index contributed by atoms with van der Waals surface area (Å²) in [6.45, 7) is 1.75. The SMILES string of the molecule is CCOC(=O)C(N)C(=O)N(C)c1ccc(C(=O)O)cc1. The number of hydrogen-bond acceptors (Lipinski definition) is 5. The Kier molecular flexibility index (Phi) is 5.22. The van der Waals surface area contributed by atoms with Gasteiger partial charge in [-0.1, -0.05) is 0 Å². The molecule has 0 bridgehead atoms. The first kappa shape index (κ1) is 15.6. The van der Waals surface area contributed by atoms with Gasteiger partial charge in [0.25, 0.3) is 5.91 Å². The highest BCUT2D eigenvalue weighted by atomic mass is 16.5. The summed E-state index contributed by atoms with van der Waals surface area (Å²) in [5, 5.41) is 8.78. The van der Waals surface area contributed by atoms with Gasteiger partial charge in [0.15, 0.2) is 6.04 Å². The summed E-state index contributed by atoms with van der Waals surface area (Å²) in [4.78, 5) is 35.3. The minimum atomic E-state index is -1.40. The zero-order valence-corrected chi connectivity index (χ0v) is 11.2. The average molecular weight is 280 g/mol. The van der Waals surface area contributed by atoms with E-state index in [0.29, 0.717) is 5.69 Å². The number of ether oxygens (including phenoxy) is 1. The van der Waals surface area contributed by atoms with Crippen LogP contribution in [-0.4, -0.2) is 42.6 Å². The largest absolute Gasteiger partial charge is 0.478 e. The van der Waals surface area contributed by atoms with E-state index in [2.05, 4.69) is 4.74 Å². The molecule has 108 valence electrons. The van der Waals surface area contributed by atoms with Gasteiger partial charge in [0.1, 0.15) is 0 Å². The Labute approximate surface area is 115 Å². The van der Waals surface area contributed by atoms with Crippen molar-refractivity contribution in [3.05, 3.63) is 29.8 Å². The first-order chi connectivity index (χ1) is 9.38. The van der Waals surface area contributed by atoms with Gasteiger partial charge in [0, 0.05) is 12.7 Å². The van der Waals surface area contributed by atoms with Gasteiger partial charge in [-0.15, -0.1) is 0 Å². The number of carboxylic acid groups (broad SMARTS) is 1. The Balaban J connectivity index is 2.83. The molecule has 0 aromatic heterocycles. The fourth-order valence-corrected chi connectivity index (χ4v) is 1.50. The molecule has 0 heterocycles. The van der Waals surface area contributed by atoms with Crippen LogP contribution in [0.3, 0.4) is 0 Å². The molecule has 1 unspecified atom stereocenters. The Hall–Kier alpha value is -2.41. The van der Waals surface area contributed by atoms with E-state index in [1.807, 2.05) is 0 Å². The summed E-state index contributed by atoms with van der Waals surface area (Å²) in [5.41, 5.74) is 6.03. The van der Waals surface area contributed by atoms with Crippen molar-refractivity contribution in [2.75, 3.05) is 18.6 Å². The minimum absolute atomic E-state index is 0.101. The third kappa shape index (κ3) is 3.55. The molecule has 0 saturated carbocycles. The summed E-state index contributed by atoms with van der Waals surface area (Å²) in [6.07, 6.45) is 0. The van der Waals surface area contributed by atoms with E-state index in [1.165, 1.54) is 36.2 Å². The van der Waals surface area contributed by atoms with Crippen LogP contribution in [0.1, 0.15) is 17.3 Å². The van der Waals surface area contributed by atoms with Crippen LogP contribution in [0.5, 0.6) is 0 Å². The summed E-state index contributed by atoms with van der Waals surface area (Å²) in [6, 6.07) is 4.23. The zero-order chi connectivity index (χ0) is 15.3. The second kappa shape index (κ2) is 6.67. The number of anilines is 1. The highest BCUT2D eigenvalue weighted by Gasteiger charge is 2.27. The van der Waals surface area contributed by atoms with E-state index in [9.17, 15) is 14.4 Å². The maximum Gasteiger partial charge on any atom is 0.335 e. The molecular weight excluding hydrogens is 264 g/mol. The van der Waals surface area contributed by atoms with Crippen molar-refractivity contribution < 1.29 is 24.2 Å². The summed E-state index contributed by atoms with van der Waals surface area (Å²) >= 11 is 0. The molecule has 1 aromatic carbocycles. The molecule has 0 aliphatic carbocycles. The normalized spacial score (nSPS) is 11.6. The highest BCUT2D eigenvalue weighted by Crippen LogP contribution is 2.14. The van der Waals surface area contributed by atoms with Crippen LogP contribution in [0.4, 0.5) is 5.69 Å². The van der Waals surface area contributed by atoms with E-state index in [-0.39, 0.29) is 12.2 Å². The number of carbonyl (C=O) groups is 3. The molecule has 7 nitrogen and oxygen atoms in total. The van der Waals surface area contributed by atoms with Crippen LogP contribution in [0.15, 0.2) is 24.3 Å². The molecule has 1 aromatic rings. The first-order valence-electron chi connectivity index (χ1n) is 5.91. The van der Waals surface area contributed by atoms with E-state index < -0.39 is 23.9 Å². The van der Waals surface area contributed by atoms with Gasteiger partial charge in [-0.3, -0.25) is 4.79 Å². The van der Waals surface area contributed by atoms with Crippen molar-refractivity contribution in [3.8, 4) is 0 Å². The third-order valence-electron chi connectivity index (χ3n) is 2.64. The number of carboxylic acids is 1. The summed E-state index contributed by atoms with van der Waals surface area (Å²) in [7, 11) is 1.44. The molecule has 20 heavy (non-hydrogen) atoms. The maximum atomic E-state index is 12.0. The lowest BCUT2D eigenvalue weighted by molar-refractivity contribution is -0.147. The summed E-state index contributed by atoms with van der Waals surface area (Å²) in [5.74, 6) is -2.49. The molecule has 1 rings (SSSR count). The molecule has 0 saturated heterocycles. The van der Waals surface area contributed by atoms with Gasteiger partial charge in [0.2, 0.25) is 0 Å². The number of nitrogens with two attached hydrogens (primary N) is 1. The Morgan fingerprint density at radius 2 is 1.85 bits per heavy atom. The Bertz CT molecular complexity index is 512. The van der Waals surface area contributed by atoms with Gasteiger partial charge in [-0.25, -0.2) is 9.59 Å². The van der Waals surface area contributed by atoms with E-state index in [4.69, 9.17) is 10.8 Å². The summed E-state index contributed by atoms with van der Waals surface area (Å²) < 4.78 is 4.67. The highest BCUT2D eigenvalue weighted by molar-refractivity contribution is 6.09. The van der Waals surface area contributed by atoms with Crippen molar-refractivity contribution in [3.63, 3.8) is 0 Å². The van der Waals surface area contributed by atoms with Crippen LogP contribution in [0, 0.1) is 0 Å². The molecule has 0 spiro atoms. The van der Waals surface area contributed by atoms with Crippen LogP contribution >= 0.6 is 0 Å². The number of likely N-dealkylation sites (N-methyl/N-ethyl adjacent to an activating group) is 1. The van der Waals surface area contributed by atoms with Gasteiger partial charge in [0.05, 0.1) is 12.2 Å². The van der Waals surface area contributed by atoms with Gasteiger partial charge in [-0.2, -0.15) is 0 Å². The van der Waals surface area contributed by atoms with Crippen molar-refractivity contribution in [2.24, 2.45) is 5.73 Å². The number of nitrogens with zero attached hydrogens (tertiary/aromatic N) is 1. The molecule has 3 N–H and O–H groups in total. The predicted molar refractivity (Wildman–Crippen MR) is 71.4 cm³/mol. The number of amides is 1. The van der Waals surface area contributed by atoms with Crippen LogP contribution in [0.25, 0.3) is 0 Å². The van der Waals surface area contributed by atoms with Crippen molar-refractivity contribution in [2.45, 2.75) is 13.0 Å². The number of esters is 1. The van der Waals surface area contributed by atoms with Crippen LogP contribution in [0.2, 0.25) is 0 Å². The van der Waals surface area contributed by atoms with Crippen molar-refractivity contribution >= 4 is 23.5 Å². The van der Waals surface area contributed by atoms with Gasteiger partial charge >= 0.3 is 11.9 Å². The Morgan fingerprint density at radius 1 is 1.30 bits per heavy atom. The molecule has 7 heteroatoms. The molecular formula is C13H16N2O5. The standard InChI is InChI=1S/C13H16N2O5/c1-3-20-13(19)10(14)11(16)15(2)9-6-4-8(5-7-9)12(17)18/h4-7,10H,3,14H2,1-2H3,(H,17,18). The quantitative estimate of drug-likeness (QED) is 0.590. The number of carbonyl (C=O) groups excluding carboxylic acids is 2. The topological polar surface area (TPSA) is 110 Å². The fourth-order valence-electron chi connectivity index (χ4n) is 1.50. The number of rotatable bonds is 5. The fraction of sp³-hybridized carbons (Fsp3) is 0.308. The predicted octanol–water partition coefficient (Wildman–Crippen LogP) is 0.238.